The Morgan fingerprint density at radius 1 is 0.972 bits per heavy atom. The highest BCUT2D eigenvalue weighted by atomic mass is 35.5. The normalized spacial score (nSPS) is 12.2. The highest BCUT2D eigenvalue weighted by molar-refractivity contribution is 7.94. The molecule has 0 atom stereocenters. The van der Waals surface area contributed by atoms with Crippen LogP contribution in [0.5, 0.6) is 0 Å². The molecule has 0 spiro atoms. The lowest BCUT2D eigenvalue weighted by Gasteiger charge is -2.14. The standard InChI is InChI=1S/C24H19Cl2NO6S3/c1-14-3-5-17-18(9-14)21(35(2,30)31)12-27(24(17)29)20-6-4-15(11-19(20)25)10-16(28)13-36(32,33)23-8-7-22(26)34-23/h3-9,11-12H,10,13H2,1-2H3. The second kappa shape index (κ2) is 9.75. The first-order valence-electron chi connectivity index (χ1n) is 10.4. The molecule has 0 radical (unpaired) electrons. The van der Waals surface area contributed by atoms with E-state index in [1.165, 1.54) is 30.5 Å². The van der Waals surface area contributed by atoms with Gasteiger partial charge < -0.3 is 0 Å². The number of nitrogens with zero attached hydrogens (tertiary/aromatic N) is 1. The van der Waals surface area contributed by atoms with Gasteiger partial charge in [-0.05, 0) is 48.9 Å². The molecule has 12 heteroatoms. The molecule has 0 amide bonds. The Labute approximate surface area is 221 Å². The van der Waals surface area contributed by atoms with Gasteiger partial charge in [0.25, 0.3) is 5.56 Å². The monoisotopic (exact) mass is 583 g/mol. The van der Waals surface area contributed by atoms with E-state index in [1.54, 1.807) is 31.2 Å². The smallest absolute Gasteiger partial charge is 0.263 e. The largest absolute Gasteiger partial charge is 0.298 e. The van der Waals surface area contributed by atoms with Crippen LogP contribution < -0.4 is 5.56 Å². The van der Waals surface area contributed by atoms with Gasteiger partial charge in [0.1, 0.15) is 9.96 Å². The molecule has 7 nitrogen and oxygen atoms in total. The van der Waals surface area contributed by atoms with Crippen molar-refractivity contribution in [3.63, 3.8) is 0 Å². The maximum Gasteiger partial charge on any atom is 0.263 e. The van der Waals surface area contributed by atoms with Crippen LogP contribution >= 0.6 is 34.5 Å². The zero-order valence-corrected chi connectivity index (χ0v) is 22.9. The number of hydrogen-bond acceptors (Lipinski definition) is 7. The number of benzene rings is 2. The van der Waals surface area contributed by atoms with Gasteiger partial charge >= 0.3 is 0 Å². The van der Waals surface area contributed by atoms with Gasteiger partial charge in [-0.25, -0.2) is 16.8 Å². The lowest BCUT2D eigenvalue weighted by molar-refractivity contribution is -0.116. The average molecular weight is 585 g/mol. The maximum absolute atomic E-state index is 13.2. The van der Waals surface area contributed by atoms with Crippen molar-refractivity contribution in [3.05, 3.63) is 85.6 Å². The summed E-state index contributed by atoms with van der Waals surface area (Å²) in [5.74, 6) is -1.23. The Hall–Kier alpha value is -2.50. The number of rotatable bonds is 7. The van der Waals surface area contributed by atoms with Gasteiger partial charge in [0.2, 0.25) is 0 Å². The van der Waals surface area contributed by atoms with E-state index in [-0.39, 0.29) is 31.6 Å². The van der Waals surface area contributed by atoms with Crippen LogP contribution in [-0.2, 0) is 30.9 Å². The molecule has 2 heterocycles. The highest BCUT2D eigenvalue weighted by Crippen LogP contribution is 2.28. The fourth-order valence-corrected chi connectivity index (χ4v) is 7.75. The van der Waals surface area contributed by atoms with E-state index in [4.69, 9.17) is 23.2 Å². The average Bonchev–Trinajstić information content (AvgIpc) is 3.20. The molecule has 0 N–H and O–H groups in total. The molecule has 0 aliphatic carbocycles. The molecule has 0 bridgehead atoms. The molecule has 0 unspecified atom stereocenters. The Balaban J connectivity index is 1.68. The second-order valence-electron chi connectivity index (χ2n) is 8.31. The lowest BCUT2D eigenvalue weighted by Crippen LogP contribution is -2.21. The summed E-state index contributed by atoms with van der Waals surface area (Å²) in [6.07, 6.45) is 2.11. The Morgan fingerprint density at radius 3 is 2.31 bits per heavy atom. The summed E-state index contributed by atoms with van der Waals surface area (Å²) in [4.78, 5) is 25.7. The summed E-state index contributed by atoms with van der Waals surface area (Å²) >= 11 is 13.1. The predicted molar refractivity (Wildman–Crippen MR) is 142 cm³/mol. The number of sulfone groups is 2. The third-order valence-corrected chi connectivity index (χ3v) is 10.3. The molecular weight excluding hydrogens is 565 g/mol. The number of aromatic nitrogens is 1. The SMILES string of the molecule is Cc1ccc2c(=O)n(-c3ccc(CC(=O)CS(=O)(=O)c4ccc(Cl)s4)cc3Cl)cc(S(C)(=O)=O)c2c1. The van der Waals surface area contributed by atoms with Crippen LogP contribution in [0.25, 0.3) is 16.5 Å². The Morgan fingerprint density at radius 2 is 1.69 bits per heavy atom. The number of pyridine rings is 1. The molecule has 188 valence electrons. The quantitative estimate of drug-likeness (QED) is 0.313. The molecule has 2 aromatic heterocycles. The number of Topliss-reactive ketones (excluding diaryl/α,β-unsaturated/α-hetero) is 1. The number of fused-ring (bicyclic) bond motifs is 1. The minimum Gasteiger partial charge on any atom is -0.298 e. The van der Waals surface area contributed by atoms with Crippen molar-refractivity contribution in [1.82, 2.24) is 4.57 Å². The number of carbonyl (C=O) groups is 1. The van der Waals surface area contributed by atoms with Crippen LogP contribution in [0, 0.1) is 6.92 Å². The summed E-state index contributed by atoms with van der Waals surface area (Å²) in [5, 5.41) is 0.643. The molecule has 2 aromatic carbocycles. The number of aryl methyl sites for hydroxylation is 1. The maximum atomic E-state index is 13.2. The van der Waals surface area contributed by atoms with E-state index in [0.717, 1.165) is 27.7 Å². The van der Waals surface area contributed by atoms with Gasteiger partial charge in [-0.2, -0.15) is 0 Å². The van der Waals surface area contributed by atoms with Gasteiger partial charge in [0.05, 0.1) is 19.9 Å². The summed E-state index contributed by atoms with van der Waals surface area (Å²) in [5.41, 5.74) is 1.02. The zero-order valence-electron chi connectivity index (χ0n) is 19.0. The van der Waals surface area contributed by atoms with E-state index < -0.39 is 36.8 Å². The van der Waals surface area contributed by atoms with Crippen LogP contribution in [0.2, 0.25) is 9.36 Å². The van der Waals surface area contributed by atoms with E-state index in [9.17, 15) is 26.4 Å². The van der Waals surface area contributed by atoms with E-state index in [1.807, 2.05) is 0 Å². The number of thiophene rings is 1. The van der Waals surface area contributed by atoms with E-state index in [2.05, 4.69) is 0 Å². The van der Waals surface area contributed by atoms with Crippen LogP contribution in [0.15, 0.2) is 68.6 Å². The van der Waals surface area contributed by atoms with Crippen LogP contribution in [0.1, 0.15) is 11.1 Å². The van der Waals surface area contributed by atoms with Crippen molar-refractivity contribution in [3.8, 4) is 5.69 Å². The molecule has 4 aromatic rings. The molecule has 0 saturated heterocycles. The molecule has 0 saturated carbocycles. The van der Waals surface area contributed by atoms with Crippen LogP contribution in [0.3, 0.4) is 0 Å². The molecule has 0 aliphatic rings. The van der Waals surface area contributed by atoms with Gasteiger partial charge in [0.15, 0.2) is 25.5 Å². The first-order valence-corrected chi connectivity index (χ1v) is 15.5. The van der Waals surface area contributed by atoms with Gasteiger partial charge in [-0.1, -0.05) is 40.9 Å². The molecule has 0 fully saturated rings. The van der Waals surface area contributed by atoms with Gasteiger partial charge in [0, 0.05) is 29.6 Å². The Bertz CT molecular complexity index is 1810. The molecular formula is C24H19Cl2NO6S3. The van der Waals surface area contributed by atoms with Crippen LogP contribution in [-0.4, -0.2) is 39.2 Å². The van der Waals surface area contributed by atoms with Crippen molar-refractivity contribution < 1.29 is 21.6 Å². The van der Waals surface area contributed by atoms with Crippen molar-refractivity contribution >= 4 is 70.8 Å². The van der Waals surface area contributed by atoms with Crippen molar-refractivity contribution in [2.45, 2.75) is 22.4 Å². The number of carbonyl (C=O) groups excluding carboxylic acids is 1. The summed E-state index contributed by atoms with van der Waals surface area (Å²) in [6, 6.07) is 12.2. The summed E-state index contributed by atoms with van der Waals surface area (Å²) < 4.78 is 51.4. The third-order valence-electron chi connectivity index (χ3n) is 5.41. The van der Waals surface area contributed by atoms with E-state index in [0.29, 0.717) is 15.3 Å². The Kier molecular flexibility index (Phi) is 7.20. The van der Waals surface area contributed by atoms with Gasteiger partial charge in [-0.15, -0.1) is 11.3 Å². The summed E-state index contributed by atoms with van der Waals surface area (Å²) in [6.45, 7) is 1.80. The predicted octanol–water partition coefficient (Wildman–Crippen LogP) is 4.66. The highest BCUT2D eigenvalue weighted by Gasteiger charge is 2.22. The fourth-order valence-electron chi connectivity index (χ4n) is 3.78. The fraction of sp³-hybridized carbons (Fsp3) is 0.167. The minimum atomic E-state index is -3.82. The second-order valence-corrected chi connectivity index (χ2v) is 14.6. The zero-order chi connectivity index (χ0) is 26.4. The lowest BCUT2D eigenvalue weighted by atomic mass is 10.1. The molecule has 36 heavy (non-hydrogen) atoms. The van der Waals surface area contributed by atoms with Crippen molar-refractivity contribution in [2.24, 2.45) is 0 Å². The van der Waals surface area contributed by atoms with E-state index >= 15 is 0 Å². The number of ketones is 1. The third kappa shape index (κ3) is 5.42. The summed E-state index contributed by atoms with van der Waals surface area (Å²) in [7, 11) is -7.50. The molecule has 0 aliphatic heterocycles. The van der Waals surface area contributed by atoms with Crippen molar-refractivity contribution in [2.75, 3.05) is 12.0 Å². The first kappa shape index (κ1) is 26.6. The topological polar surface area (TPSA) is 107 Å². The number of halogens is 2. The van der Waals surface area contributed by atoms with Gasteiger partial charge in [-0.3, -0.25) is 14.2 Å². The van der Waals surface area contributed by atoms with Crippen LogP contribution in [0.4, 0.5) is 0 Å². The van der Waals surface area contributed by atoms with Crippen molar-refractivity contribution in [1.29, 1.82) is 0 Å². The first-order chi connectivity index (χ1) is 16.8. The molecule has 4 rings (SSSR count). The number of hydrogen-bond donors (Lipinski definition) is 0. The minimum absolute atomic E-state index is 0.0155.